The number of aromatic nitrogens is 1. The molecule has 1 amide bonds. The molecule has 1 aliphatic rings. The van der Waals surface area contributed by atoms with E-state index in [9.17, 15) is 4.79 Å². The minimum atomic E-state index is -0.387. The van der Waals surface area contributed by atoms with Gasteiger partial charge in [0.25, 0.3) is 5.91 Å². The molecule has 0 radical (unpaired) electrons. The number of carbonyl (C=O) groups excluding carboxylic acids is 1. The number of amides is 1. The maximum absolute atomic E-state index is 12.3. The molecule has 120 valence electrons. The lowest BCUT2D eigenvalue weighted by atomic mass is 9.91. The molecule has 1 N–H and O–H groups in total. The smallest absolute Gasteiger partial charge is 0.255 e. The summed E-state index contributed by atoms with van der Waals surface area (Å²) in [6.07, 6.45) is 1.61. The van der Waals surface area contributed by atoms with Crippen LogP contribution in [-0.4, -0.2) is 38.3 Å². The van der Waals surface area contributed by atoms with Crippen LogP contribution >= 0.6 is 0 Å². The van der Waals surface area contributed by atoms with Crippen molar-refractivity contribution in [2.24, 2.45) is 0 Å². The lowest BCUT2D eigenvalue weighted by molar-refractivity contribution is -0.202. The number of anilines is 1. The van der Waals surface area contributed by atoms with Gasteiger partial charge in [0, 0.05) is 18.9 Å². The van der Waals surface area contributed by atoms with Crippen molar-refractivity contribution in [1.29, 1.82) is 0 Å². The quantitative estimate of drug-likeness (QED) is 0.916. The summed E-state index contributed by atoms with van der Waals surface area (Å²) in [5.74, 6) is 0.154. The summed E-state index contributed by atoms with van der Waals surface area (Å²) >= 11 is 0. The molecule has 1 saturated heterocycles. The summed E-state index contributed by atoms with van der Waals surface area (Å²) in [7, 11) is 3.18. The Kier molecular flexibility index (Phi) is 4.27. The monoisotopic (exact) mass is 314 g/mol. The van der Waals surface area contributed by atoms with Crippen LogP contribution in [0, 0.1) is 0 Å². The van der Waals surface area contributed by atoms with Gasteiger partial charge >= 0.3 is 0 Å². The third kappa shape index (κ3) is 2.91. The van der Waals surface area contributed by atoms with E-state index in [1.807, 2.05) is 12.1 Å². The van der Waals surface area contributed by atoms with Crippen molar-refractivity contribution in [3.63, 3.8) is 0 Å². The topological polar surface area (TPSA) is 69.7 Å². The number of nitrogens with zero attached hydrogens (tertiary/aromatic N) is 1. The Labute approximate surface area is 134 Å². The molecule has 2 heterocycles. The molecule has 0 aliphatic carbocycles. The maximum Gasteiger partial charge on any atom is 0.255 e. The summed E-state index contributed by atoms with van der Waals surface area (Å²) in [5, 5.41) is 2.80. The highest BCUT2D eigenvalue weighted by molar-refractivity contribution is 6.04. The Morgan fingerprint density at radius 3 is 2.52 bits per heavy atom. The van der Waals surface area contributed by atoms with E-state index in [1.54, 1.807) is 37.6 Å². The van der Waals surface area contributed by atoms with Crippen molar-refractivity contribution in [3.05, 3.63) is 53.7 Å². The second-order valence-corrected chi connectivity index (χ2v) is 5.28. The number of nitrogens with one attached hydrogen (secondary N) is 1. The van der Waals surface area contributed by atoms with Gasteiger partial charge in [-0.3, -0.25) is 4.79 Å². The van der Waals surface area contributed by atoms with Crippen molar-refractivity contribution in [2.45, 2.75) is 5.60 Å². The Morgan fingerprint density at radius 1 is 1.22 bits per heavy atom. The second kappa shape index (κ2) is 6.36. The summed E-state index contributed by atoms with van der Waals surface area (Å²) in [6.45, 7) is 1.06. The normalized spacial score (nSPS) is 15.6. The predicted octanol–water partition coefficient (Wildman–Crippen LogP) is 2.21. The number of pyridine rings is 1. The van der Waals surface area contributed by atoms with Crippen molar-refractivity contribution in [3.8, 4) is 5.88 Å². The van der Waals surface area contributed by atoms with Gasteiger partial charge in [-0.05, 0) is 29.8 Å². The molecule has 1 aliphatic heterocycles. The van der Waals surface area contributed by atoms with E-state index in [1.165, 1.54) is 7.11 Å². The van der Waals surface area contributed by atoms with E-state index in [4.69, 9.17) is 14.2 Å². The molecule has 0 spiro atoms. The molecular weight excluding hydrogens is 296 g/mol. The Bertz CT molecular complexity index is 690. The van der Waals surface area contributed by atoms with Crippen molar-refractivity contribution in [1.82, 2.24) is 4.98 Å². The molecule has 1 aromatic carbocycles. The zero-order valence-electron chi connectivity index (χ0n) is 13.0. The highest BCUT2D eigenvalue weighted by Gasteiger charge is 2.40. The molecule has 0 atom stereocenters. The minimum Gasteiger partial charge on any atom is -0.480 e. The molecule has 0 saturated carbocycles. The first-order valence-electron chi connectivity index (χ1n) is 7.22. The van der Waals surface area contributed by atoms with Crippen LogP contribution in [0.3, 0.4) is 0 Å². The van der Waals surface area contributed by atoms with Gasteiger partial charge in [0.05, 0.1) is 20.3 Å². The van der Waals surface area contributed by atoms with Gasteiger partial charge in [0.1, 0.15) is 11.3 Å². The standard InChI is InChI=1S/C17H18N2O4/c1-21-16-14(4-3-9-18-16)19-15(20)12-5-7-13(8-6-12)17(22-2)10-23-11-17/h3-9H,10-11H2,1-2H3,(H,19,20). The van der Waals surface area contributed by atoms with E-state index in [2.05, 4.69) is 10.3 Å². The highest BCUT2D eigenvalue weighted by Crippen LogP contribution is 2.33. The zero-order valence-corrected chi connectivity index (χ0v) is 13.0. The van der Waals surface area contributed by atoms with Crippen LogP contribution in [0.5, 0.6) is 5.88 Å². The van der Waals surface area contributed by atoms with Crippen LogP contribution in [0.15, 0.2) is 42.6 Å². The molecular formula is C17H18N2O4. The van der Waals surface area contributed by atoms with E-state index < -0.39 is 0 Å². The summed E-state index contributed by atoms with van der Waals surface area (Å²) in [5.41, 5.74) is 1.69. The fourth-order valence-electron chi connectivity index (χ4n) is 2.46. The molecule has 2 aromatic rings. The molecule has 3 rings (SSSR count). The zero-order chi connectivity index (χ0) is 16.3. The summed E-state index contributed by atoms with van der Waals surface area (Å²) < 4.78 is 15.9. The minimum absolute atomic E-state index is 0.223. The molecule has 6 heteroatoms. The Morgan fingerprint density at radius 2 is 1.96 bits per heavy atom. The first-order chi connectivity index (χ1) is 11.2. The summed E-state index contributed by atoms with van der Waals surface area (Å²) in [6, 6.07) is 10.8. The SMILES string of the molecule is COc1ncccc1NC(=O)c1ccc(C2(OC)COC2)cc1. The van der Waals surface area contributed by atoms with Gasteiger partial charge in [-0.15, -0.1) is 0 Å². The molecule has 6 nitrogen and oxygen atoms in total. The molecule has 0 bridgehead atoms. The van der Waals surface area contributed by atoms with Crippen LogP contribution in [0.1, 0.15) is 15.9 Å². The number of methoxy groups -OCH3 is 2. The lowest BCUT2D eigenvalue weighted by Crippen LogP contribution is -2.48. The van der Waals surface area contributed by atoms with Crippen LogP contribution in [0.25, 0.3) is 0 Å². The fraction of sp³-hybridized carbons (Fsp3) is 0.294. The number of hydrogen-bond donors (Lipinski definition) is 1. The lowest BCUT2D eigenvalue weighted by Gasteiger charge is -2.40. The predicted molar refractivity (Wildman–Crippen MR) is 84.7 cm³/mol. The number of hydrogen-bond acceptors (Lipinski definition) is 5. The van der Waals surface area contributed by atoms with Crippen molar-refractivity contribution in [2.75, 3.05) is 32.8 Å². The van der Waals surface area contributed by atoms with Crippen molar-refractivity contribution < 1.29 is 19.0 Å². The van der Waals surface area contributed by atoms with Gasteiger partial charge in [0.2, 0.25) is 5.88 Å². The van der Waals surface area contributed by atoms with Crippen LogP contribution < -0.4 is 10.1 Å². The van der Waals surface area contributed by atoms with Gasteiger partial charge < -0.3 is 19.5 Å². The van der Waals surface area contributed by atoms with Crippen LogP contribution in [-0.2, 0) is 15.1 Å². The van der Waals surface area contributed by atoms with Crippen LogP contribution in [0.4, 0.5) is 5.69 Å². The highest BCUT2D eigenvalue weighted by atomic mass is 16.6. The van der Waals surface area contributed by atoms with E-state index >= 15 is 0 Å². The second-order valence-electron chi connectivity index (χ2n) is 5.28. The third-order valence-electron chi connectivity index (χ3n) is 3.95. The number of ether oxygens (including phenoxy) is 3. The largest absolute Gasteiger partial charge is 0.480 e. The average Bonchev–Trinajstić information content (AvgIpc) is 2.55. The fourth-order valence-corrected chi connectivity index (χ4v) is 2.46. The van der Waals surface area contributed by atoms with E-state index in [0.29, 0.717) is 30.3 Å². The first-order valence-corrected chi connectivity index (χ1v) is 7.22. The van der Waals surface area contributed by atoms with Crippen LogP contribution in [0.2, 0.25) is 0 Å². The number of rotatable bonds is 5. The average molecular weight is 314 g/mol. The number of carbonyl (C=O) groups is 1. The molecule has 23 heavy (non-hydrogen) atoms. The Balaban J connectivity index is 1.75. The third-order valence-corrected chi connectivity index (χ3v) is 3.95. The van der Waals surface area contributed by atoms with Crippen molar-refractivity contribution >= 4 is 11.6 Å². The Hall–Kier alpha value is -2.44. The molecule has 0 unspecified atom stereocenters. The van der Waals surface area contributed by atoms with Gasteiger partial charge in [0.15, 0.2) is 0 Å². The molecule has 1 aromatic heterocycles. The maximum atomic E-state index is 12.3. The molecule has 1 fully saturated rings. The van der Waals surface area contributed by atoms with Gasteiger partial charge in [-0.2, -0.15) is 0 Å². The number of benzene rings is 1. The van der Waals surface area contributed by atoms with E-state index in [0.717, 1.165) is 5.56 Å². The van der Waals surface area contributed by atoms with E-state index in [-0.39, 0.29) is 11.5 Å². The van der Waals surface area contributed by atoms with Gasteiger partial charge in [-0.1, -0.05) is 12.1 Å². The first kappa shape index (κ1) is 15.5. The van der Waals surface area contributed by atoms with Gasteiger partial charge in [-0.25, -0.2) is 4.98 Å². The summed E-state index contributed by atoms with van der Waals surface area (Å²) in [4.78, 5) is 16.4.